The summed E-state index contributed by atoms with van der Waals surface area (Å²) in [5.74, 6) is 3.59. The third-order valence-electron chi connectivity index (χ3n) is 4.92. The van der Waals surface area contributed by atoms with Crippen molar-refractivity contribution >= 4 is 11.6 Å². The fourth-order valence-electron chi connectivity index (χ4n) is 3.30. The molecule has 6 heteroatoms. The molecule has 0 unspecified atom stereocenters. The third-order valence-corrected chi connectivity index (χ3v) is 4.92. The number of hydrogen-bond donors (Lipinski definition) is 0. The van der Waals surface area contributed by atoms with Gasteiger partial charge in [0.25, 0.3) is 0 Å². The average molecular weight is 380 g/mol. The van der Waals surface area contributed by atoms with Crippen LogP contribution in [0.3, 0.4) is 0 Å². The Balaban J connectivity index is 1.85. The Kier molecular flexibility index (Phi) is 6.70. The first-order valence-electron chi connectivity index (χ1n) is 9.97. The smallest absolute Gasteiger partial charge is 0.174 e. The maximum atomic E-state index is 9.72. The molecule has 2 heterocycles. The van der Waals surface area contributed by atoms with E-state index in [9.17, 15) is 5.26 Å². The lowest BCUT2D eigenvalue weighted by Gasteiger charge is -2.12. The van der Waals surface area contributed by atoms with Gasteiger partial charge in [-0.25, -0.2) is 0 Å². The van der Waals surface area contributed by atoms with E-state index in [0.29, 0.717) is 29.7 Å². The van der Waals surface area contributed by atoms with E-state index in [2.05, 4.69) is 34.7 Å². The Morgan fingerprint density at radius 2 is 2.11 bits per heavy atom. The first kappa shape index (κ1) is 19.9. The molecule has 0 radical (unpaired) electrons. The maximum absolute atomic E-state index is 9.72. The van der Waals surface area contributed by atoms with Gasteiger partial charge in [-0.3, -0.25) is 0 Å². The highest BCUT2D eigenvalue weighted by Crippen LogP contribution is 2.30. The first-order chi connectivity index (χ1) is 13.6. The van der Waals surface area contributed by atoms with Crippen LogP contribution in [0.15, 0.2) is 18.2 Å². The zero-order valence-corrected chi connectivity index (χ0v) is 16.9. The third kappa shape index (κ3) is 4.72. The lowest BCUT2D eigenvalue weighted by atomic mass is 10.1. The molecule has 1 aromatic carbocycles. The van der Waals surface area contributed by atoms with Crippen molar-refractivity contribution in [3.63, 3.8) is 0 Å². The fraction of sp³-hybridized carbons (Fsp3) is 0.500. The van der Waals surface area contributed by atoms with Gasteiger partial charge in [-0.05, 0) is 49.0 Å². The predicted octanol–water partition coefficient (Wildman–Crippen LogP) is 4.50. The monoisotopic (exact) mass is 380 g/mol. The molecule has 0 N–H and O–H groups in total. The number of benzene rings is 1. The molecule has 0 spiro atoms. The molecule has 1 aliphatic heterocycles. The van der Waals surface area contributed by atoms with Gasteiger partial charge in [0.1, 0.15) is 11.9 Å². The van der Waals surface area contributed by atoms with Gasteiger partial charge in [-0.1, -0.05) is 26.3 Å². The molecule has 0 bridgehead atoms. The predicted molar refractivity (Wildman–Crippen MR) is 109 cm³/mol. The van der Waals surface area contributed by atoms with Crippen molar-refractivity contribution in [1.82, 2.24) is 14.8 Å². The summed E-state index contributed by atoms with van der Waals surface area (Å²) in [5, 5.41) is 18.3. The van der Waals surface area contributed by atoms with Gasteiger partial charge in [0, 0.05) is 13.0 Å². The maximum Gasteiger partial charge on any atom is 0.174 e. The number of rotatable bonds is 7. The summed E-state index contributed by atoms with van der Waals surface area (Å²) in [6.45, 7) is 5.85. The van der Waals surface area contributed by atoms with Gasteiger partial charge < -0.3 is 14.0 Å². The van der Waals surface area contributed by atoms with Crippen molar-refractivity contribution in [3.05, 3.63) is 35.4 Å². The molecule has 148 valence electrons. The molecular formula is C22H28N4O2. The number of nitriles is 1. The highest BCUT2D eigenvalue weighted by Gasteiger charge is 2.18. The van der Waals surface area contributed by atoms with Crippen LogP contribution in [0.5, 0.6) is 11.5 Å². The van der Waals surface area contributed by atoms with Crippen LogP contribution in [0.1, 0.15) is 56.7 Å². The Bertz CT molecular complexity index is 877. The Labute approximate surface area is 166 Å². The topological polar surface area (TPSA) is 73.0 Å². The van der Waals surface area contributed by atoms with Crippen molar-refractivity contribution < 1.29 is 9.47 Å². The van der Waals surface area contributed by atoms with E-state index < -0.39 is 0 Å². The second-order valence-electron chi connectivity index (χ2n) is 7.51. The van der Waals surface area contributed by atoms with Crippen LogP contribution in [0, 0.1) is 17.2 Å². The number of aromatic nitrogens is 3. The normalized spacial score (nSPS) is 14.3. The van der Waals surface area contributed by atoms with Crippen LogP contribution >= 0.6 is 0 Å². The Morgan fingerprint density at radius 1 is 1.25 bits per heavy atom. The van der Waals surface area contributed by atoms with E-state index in [4.69, 9.17) is 9.47 Å². The largest absolute Gasteiger partial charge is 0.493 e. The van der Waals surface area contributed by atoms with Crippen LogP contribution in [-0.4, -0.2) is 28.5 Å². The minimum Gasteiger partial charge on any atom is -0.493 e. The van der Waals surface area contributed by atoms with E-state index in [0.717, 1.165) is 49.4 Å². The van der Waals surface area contributed by atoms with E-state index in [1.54, 1.807) is 7.11 Å². The molecule has 3 rings (SSSR count). The summed E-state index contributed by atoms with van der Waals surface area (Å²) in [7, 11) is 1.63. The van der Waals surface area contributed by atoms with Crippen molar-refractivity contribution in [2.45, 2.75) is 52.5 Å². The molecule has 0 saturated carbocycles. The van der Waals surface area contributed by atoms with E-state index >= 15 is 0 Å². The number of aryl methyl sites for hydroxylation is 1. The van der Waals surface area contributed by atoms with Crippen LogP contribution in [0.4, 0.5) is 0 Å². The highest BCUT2D eigenvalue weighted by molar-refractivity contribution is 5.87. The lowest BCUT2D eigenvalue weighted by Crippen LogP contribution is -2.05. The molecule has 0 atom stereocenters. The van der Waals surface area contributed by atoms with Crippen molar-refractivity contribution in [1.29, 1.82) is 5.26 Å². The number of allylic oxidation sites excluding steroid dienone is 1. The number of fused-ring (bicyclic) bond motifs is 1. The number of ether oxygens (including phenoxy) is 2. The zero-order valence-electron chi connectivity index (χ0n) is 16.9. The quantitative estimate of drug-likeness (QED) is 0.661. The summed E-state index contributed by atoms with van der Waals surface area (Å²) in [4.78, 5) is 0. The van der Waals surface area contributed by atoms with Gasteiger partial charge in [-0.2, -0.15) is 5.26 Å². The Hall–Kier alpha value is -2.81. The minimum atomic E-state index is 0.510. The first-order valence-corrected chi connectivity index (χ1v) is 9.97. The van der Waals surface area contributed by atoms with Crippen LogP contribution in [0.2, 0.25) is 0 Å². The van der Waals surface area contributed by atoms with Gasteiger partial charge >= 0.3 is 0 Å². The summed E-state index contributed by atoms with van der Waals surface area (Å²) in [6, 6.07) is 8.01. The summed E-state index contributed by atoms with van der Waals surface area (Å²) in [6.07, 6.45) is 7.14. The van der Waals surface area contributed by atoms with Crippen molar-refractivity contribution in [2.75, 3.05) is 13.7 Å². The summed E-state index contributed by atoms with van der Waals surface area (Å²) < 4.78 is 13.4. The zero-order chi connectivity index (χ0) is 19.9. The van der Waals surface area contributed by atoms with Gasteiger partial charge in [-0.15, -0.1) is 10.2 Å². The van der Waals surface area contributed by atoms with E-state index in [1.165, 1.54) is 6.42 Å². The fourth-order valence-corrected chi connectivity index (χ4v) is 3.30. The molecule has 6 nitrogen and oxygen atoms in total. The van der Waals surface area contributed by atoms with E-state index in [-0.39, 0.29) is 0 Å². The molecule has 0 fully saturated rings. The summed E-state index contributed by atoms with van der Waals surface area (Å²) >= 11 is 0. The molecule has 28 heavy (non-hydrogen) atoms. The number of nitrogens with zero attached hydrogens (tertiary/aromatic N) is 4. The molecule has 0 saturated heterocycles. The average Bonchev–Trinajstić information content (AvgIpc) is 2.94. The molecule has 0 aliphatic carbocycles. The van der Waals surface area contributed by atoms with Crippen LogP contribution in [0.25, 0.3) is 11.6 Å². The van der Waals surface area contributed by atoms with Gasteiger partial charge in [0.15, 0.2) is 17.3 Å². The molecule has 0 amide bonds. The minimum absolute atomic E-state index is 0.510. The number of hydrogen-bond acceptors (Lipinski definition) is 5. The number of methoxy groups -OCH3 is 1. The van der Waals surface area contributed by atoms with Gasteiger partial charge in [0.05, 0.1) is 19.3 Å². The summed E-state index contributed by atoms with van der Waals surface area (Å²) in [5.41, 5.74) is 1.38. The second kappa shape index (κ2) is 9.41. The van der Waals surface area contributed by atoms with Gasteiger partial charge in [0.2, 0.25) is 0 Å². The molecule has 2 aromatic rings. The second-order valence-corrected chi connectivity index (χ2v) is 7.51. The molecule has 1 aromatic heterocycles. The lowest BCUT2D eigenvalue weighted by molar-refractivity contribution is 0.273. The van der Waals surface area contributed by atoms with Crippen LogP contribution < -0.4 is 9.47 Å². The van der Waals surface area contributed by atoms with Crippen molar-refractivity contribution in [2.24, 2.45) is 5.92 Å². The SMILES string of the molecule is COc1cc(/C=C(\C#N)c2nnc3n2CCCCC3)ccc1OCCC(C)C. The standard InChI is InChI=1S/C22H28N4O2/c1-16(2)10-12-28-19-9-8-17(14-20(19)27-3)13-18(15-23)22-25-24-21-7-5-4-6-11-26(21)22/h8-9,13-14,16H,4-7,10-12H2,1-3H3/b18-13+. The van der Waals surface area contributed by atoms with E-state index in [1.807, 2.05) is 24.3 Å². The Morgan fingerprint density at radius 3 is 2.86 bits per heavy atom. The molecule has 1 aliphatic rings. The van der Waals surface area contributed by atoms with Crippen molar-refractivity contribution in [3.8, 4) is 17.6 Å². The van der Waals surface area contributed by atoms with Crippen LogP contribution in [-0.2, 0) is 13.0 Å². The highest BCUT2D eigenvalue weighted by atomic mass is 16.5. The molecular weight excluding hydrogens is 352 g/mol.